The molecule has 0 aliphatic carbocycles. The number of carboxylic acids is 1. The summed E-state index contributed by atoms with van der Waals surface area (Å²) in [5, 5.41) is 17.7. The lowest BCUT2D eigenvalue weighted by Crippen LogP contribution is -2.06. The SMILES string of the molecule is CCc1ccc(O)c(CC)c1.O=C(O)CC(=O)c1ccccc1. The summed E-state index contributed by atoms with van der Waals surface area (Å²) >= 11 is 0. The topological polar surface area (TPSA) is 74.6 Å². The Morgan fingerprint density at radius 3 is 2.13 bits per heavy atom. The highest BCUT2D eigenvalue weighted by atomic mass is 16.4. The number of ketones is 1. The highest BCUT2D eigenvalue weighted by molar-refractivity contribution is 6.05. The molecule has 2 aromatic carbocycles. The van der Waals surface area contributed by atoms with Crippen LogP contribution in [-0.4, -0.2) is 22.0 Å². The van der Waals surface area contributed by atoms with Gasteiger partial charge in [-0.3, -0.25) is 9.59 Å². The second-order valence-electron chi connectivity index (χ2n) is 5.03. The highest BCUT2D eigenvalue weighted by Crippen LogP contribution is 2.18. The van der Waals surface area contributed by atoms with Crippen molar-refractivity contribution >= 4 is 11.8 Å². The predicted molar refractivity (Wildman–Crippen MR) is 89.9 cm³/mol. The molecule has 0 fully saturated rings. The van der Waals surface area contributed by atoms with Crippen LogP contribution >= 0.6 is 0 Å². The van der Waals surface area contributed by atoms with Crippen LogP contribution in [0.1, 0.15) is 41.8 Å². The van der Waals surface area contributed by atoms with E-state index >= 15 is 0 Å². The van der Waals surface area contributed by atoms with Crippen molar-refractivity contribution in [2.24, 2.45) is 0 Å². The Hall–Kier alpha value is -2.62. The summed E-state index contributed by atoms with van der Waals surface area (Å²) < 4.78 is 0. The number of carbonyl (C=O) groups is 2. The minimum Gasteiger partial charge on any atom is -0.508 e. The molecule has 4 nitrogen and oxygen atoms in total. The summed E-state index contributed by atoms with van der Waals surface area (Å²) in [5.41, 5.74) is 2.78. The zero-order valence-corrected chi connectivity index (χ0v) is 13.5. The van der Waals surface area contributed by atoms with Crippen LogP contribution in [0.15, 0.2) is 48.5 Å². The monoisotopic (exact) mass is 314 g/mol. The van der Waals surface area contributed by atoms with E-state index in [4.69, 9.17) is 5.11 Å². The fourth-order valence-corrected chi connectivity index (χ4v) is 2.01. The molecule has 0 saturated carbocycles. The summed E-state index contributed by atoms with van der Waals surface area (Å²) in [6, 6.07) is 14.2. The van der Waals surface area contributed by atoms with Gasteiger partial charge in [0.25, 0.3) is 0 Å². The first-order valence-electron chi connectivity index (χ1n) is 7.58. The van der Waals surface area contributed by atoms with E-state index in [0.29, 0.717) is 11.3 Å². The van der Waals surface area contributed by atoms with E-state index < -0.39 is 12.4 Å². The van der Waals surface area contributed by atoms with E-state index in [2.05, 4.69) is 19.9 Å². The maximum atomic E-state index is 11.1. The molecule has 0 atom stereocenters. The first kappa shape index (κ1) is 18.4. The molecule has 2 N–H and O–H groups in total. The first-order valence-corrected chi connectivity index (χ1v) is 7.58. The Morgan fingerprint density at radius 1 is 0.957 bits per heavy atom. The van der Waals surface area contributed by atoms with Crippen LogP contribution in [0.3, 0.4) is 0 Å². The molecule has 2 aromatic rings. The minimum atomic E-state index is -1.09. The van der Waals surface area contributed by atoms with Crippen molar-refractivity contribution in [3.63, 3.8) is 0 Å². The lowest BCUT2D eigenvalue weighted by atomic mass is 10.1. The Kier molecular flexibility index (Phi) is 7.54. The number of carboxylic acid groups (broad SMARTS) is 1. The van der Waals surface area contributed by atoms with E-state index in [1.54, 1.807) is 36.4 Å². The number of aryl methyl sites for hydroxylation is 2. The first-order chi connectivity index (χ1) is 11.0. The van der Waals surface area contributed by atoms with Crippen molar-refractivity contribution in [2.45, 2.75) is 33.1 Å². The van der Waals surface area contributed by atoms with Crippen LogP contribution in [0.25, 0.3) is 0 Å². The average Bonchev–Trinajstić information content (AvgIpc) is 2.56. The van der Waals surface area contributed by atoms with Gasteiger partial charge in [-0.05, 0) is 30.0 Å². The minimum absolute atomic E-state index is 0.358. The number of phenolic OH excluding ortho intramolecular Hbond substituents is 1. The molecule has 23 heavy (non-hydrogen) atoms. The molecule has 0 unspecified atom stereocenters. The van der Waals surface area contributed by atoms with E-state index in [0.717, 1.165) is 18.4 Å². The Morgan fingerprint density at radius 2 is 1.61 bits per heavy atom. The van der Waals surface area contributed by atoms with Gasteiger partial charge in [-0.1, -0.05) is 56.3 Å². The normalized spacial score (nSPS) is 9.65. The third-order valence-electron chi connectivity index (χ3n) is 3.34. The number of aliphatic carboxylic acids is 1. The fourth-order valence-electron chi connectivity index (χ4n) is 2.01. The van der Waals surface area contributed by atoms with Gasteiger partial charge in [0, 0.05) is 5.56 Å². The van der Waals surface area contributed by atoms with Gasteiger partial charge in [0.15, 0.2) is 5.78 Å². The zero-order valence-electron chi connectivity index (χ0n) is 13.5. The summed E-state index contributed by atoms with van der Waals surface area (Å²) in [7, 11) is 0. The molecule has 0 aliphatic heterocycles. The van der Waals surface area contributed by atoms with Crippen LogP contribution in [-0.2, 0) is 17.6 Å². The van der Waals surface area contributed by atoms with Crippen LogP contribution in [0.4, 0.5) is 0 Å². The molecular weight excluding hydrogens is 292 g/mol. The van der Waals surface area contributed by atoms with Crippen LogP contribution < -0.4 is 0 Å². The van der Waals surface area contributed by atoms with Crippen molar-refractivity contribution in [3.05, 3.63) is 65.2 Å². The van der Waals surface area contributed by atoms with Crippen molar-refractivity contribution in [1.82, 2.24) is 0 Å². The molecule has 0 aromatic heterocycles. The number of Topliss-reactive ketones (excluding diaryl/α,β-unsaturated/α-hetero) is 1. The maximum absolute atomic E-state index is 11.1. The standard InChI is InChI=1S/C10H14O.C9H8O3/c1-3-8-5-6-10(11)9(4-2)7-8;10-8(6-9(11)12)7-4-2-1-3-5-7/h5-7,11H,3-4H2,1-2H3;1-5H,6H2,(H,11,12). The van der Waals surface area contributed by atoms with Crippen molar-refractivity contribution in [3.8, 4) is 5.75 Å². The molecule has 0 aliphatic rings. The molecule has 2 rings (SSSR count). The largest absolute Gasteiger partial charge is 0.508 e. The second kappa shape index (κ2) is 9.41. The Bertz CT molecular complexity index is 648. The number of hydrogen-bond donors (Lipinski definition) is 2. The summed E-state index contributed by atoms with van der Waals surface area (Å²) in [5.74, 6) is -1.03. The number of carbonyl (C=O) groups excluding carboxylic acids is 1. The summed E-state index contributed by atoms with van der Waals surface area (Å²) in [6.07, 6.45) is 1.50. The van der Waals surface area contributed by atoms with E-state index in [1.807, 2.05) is 6.07 Å². The molecule has 0 saturated heterocycles. The number of benzene rings is 2. The molecule has 4 heteroatoms. The van der Waals surface area contributed by atoms with Gasteiger partial charge in [-0.2, -0.15) is 0 Å². The number of rotatable bonds is 5. The summed E-state index contributed by atoms with van der Waals surface area (Å²) in [4.78, 5) is 21.2. The summed E-state index contributed by atoms with van der Waals surface area (Å²) in [6.45, 7) is 4.17. The molecule has 0 amide bonds. The fraction of sp³-hybridized carbons (Fsp3) is 0.263. The molecule has 0 radical (unpaired) electrons. The van der Waals surface area contributed by atoms with E-state index in [1.165, 1.54) is 5.56 Å². The lowest BCUT2D eigenvalue weighted by molar-refractivity contribution is -0.135. The third-order valence-corrected chi connectivity index (χ3v) is 3.34. The molecule has 0 bridgehead atoms. The Balaban J connectivity index is 0.000000231. The quantitative estimate of drug-likeness (QED) is 0.649. The van der Waals surface area contributed by atoms with Gasteiger partial charge in [-0.25, -0.2) is 0 Å². The predicted octanol–water partition coefficient (Wildman–Crippen LogP) is 3.86. The van der Waals surface area contributed by atoms with Gasteiger partial charge in [0.05, 0.1) is 0 Å². The highest BCUT2D eigenvalue weighted by Gasteiger charge is 2.08. The smallest absolute Gasteiger partial charge is 0.311 e. The lowest BCUT2D eigenvalue weighted by Gasteiger charge is -2.03. The average molecular weight is 314 g/mol. The van der Waals surface area contributed by atoms with Gasteiger partial charge >= 0.3 is 5.97 Å². The number of aromatic hydroxyl groups is 1. The van der Waals surface area contributed by atoms with Crippen molar-refractivity contribution < 1.29 is 19.8 Å². The molecule has 122 valence electrons. The van der Waals surface area contributed by atoms with Crippen LogP contribution in [0.5, 0.6) is 5.75 Å². The van der Waals surface area contributed by atoms with Gasteiger partial charge < -0.3 is 10.2 Å². The van der Waals surface area contributed by atoms with Crippen molar-refractivity contribution in [2.75, 3.05) is 0 Å². The number of phenols is 1. The molecular formula is C19H22O4. The third kappa shape index (κ3) is 6.34. The van der Waals surface area contributed by atoms with E-state index in [9.17, 15) is 14.7 Å². The van der Waals surface area contributed by atoms with E-state index in [-0.39, 0.29) is 5.78 Å². The molecule has 0 spiro atoms. The molecule has 0 heterocycles. The second-order valence-corrected chi connectivity index (χ2v) is 5.03. The van der Waals surface area contributed by atoms with Gasteiger partial charge in [0.1, 0.15) is 12.2 Å². The van der Waals surface area contributed by atoms with Gasteiger partial charge in [-0.15, -0.1) is 0 Å². The zero-order chi connectivity index (χ0) is 17.2. The van der Waals surface area contributed by atoms with Crippen LogP contribution in [0, 0.1) is 0 Å². The van der Waals surface area contributed by atoms with Crippen molar-refractivity contribution in [1.29, 1.82) is 0 Å². The maximum Gasteiger partial charge on any atom is 0.311 e. The van der Waals surface area contributed by atoms with Gasteiger partial charge in [0.2, 0.25) is 0 Å². The van der Waals surface area contributed by atoms with Crippen LogP contribution in [0.2, 0.25) is 0 Å². The Labute approximate surface area is 136 Å². The number of hydrogen-bond acceptors (Lipinski definition) is 3.